The summed E-state index contributed by atoms with van der Waals surface area (Å²) in [5, 5.41) is 2.53. The lowest BCUT2D eigenvalue weighted by Crippen LogP contribution is -2.35. The van der Waals surface area contributed by atoms with Crippen LogP contribution in [0.15, 0.2) is 59.9 Å². The van der Waals surface area contributed by atoms with Crippen LogP contribution in [-0.2, 0) is 6.54 Å². The molecule has 1 saturated heterocycles. The molecule has 4 nitrogen and oxygen atoms in total. The minimum atomic E-state index is 0.0548. The molecule has 1 aromatic carbocycles. The van der Waals surface area contributed by atoms with E-state index in [1.807, 2.05) is 24.0 Å². The summed E-state index contributed by atoms with van der Waals surface area (Å²) in [4.78, 5) is 12.4. The zero-order chi connectivity index (χ0) is 18.4. The zero-order valence-electron chi connectivity index (χ0n) is 15.7. The standard InChI is InChI=1S/C22H24N4S/c1-3-15-14-27-22-24-20(18-10-7-8-12-23-18)21(26(15)22)17-13-25(4-2)19-11-6-5-9-16(17)19/h5-13,15,20-21H,3-4,14H2,1-2H3/t15-,20+,21+/m0/s1. The molecule has 2 aromatic heterocycles. The number of hydrogen-bond donors (Lipinski definition) is 0. The van der Waals surface area contributed by atoms with E-state index in [9.17, 15) is 0 Å². The van der Waals surface area contributed by atoms with Gasteiger partial charge in [-0.15, -0.1) is 0 Å². The molecule has 0 bridgehead atoms. The Kier molecular flexibility index (Phi) is 4.20. The normalized spacial score (nSPS) is 24.4. The topological polar surface area (TPSA) is 33.4 Å². The number of rotatable bonds is 4. The van der Waals surface area contributed by atoms with E-state index in [0.29, 0.717) is 6.04 Å². The lowest BCUT2D eigenvalue weighted by molar-refractivity contribution is 0.256. The molecule has 3 aromatic rings. The van der Waals surface area contributed by atoms with Gasteiger partial charge in [-0.2, -0.15) is 0 Å². The maximum Gasteiger partial charge on any atom is 0.160 e. The smallest absolute Gasteiger partial charge is 0.160 e. The van der Waals surface area contributed by atoms with Gasteiger partial charge in [-0.05, 0) is 31.5 Å². The molecule has 0 spiro atoms. The average molecular weight is 377 g/mol. The van der Waals surface area contributed by atoms with Crippen LogP contribution in [0.25, 0.3) is 10.9 Å². The number of amidine groups is 1. The van der Waals surface area contributed by atoms with Crippen molar-refractivity contribution in [2.75, 3.05) is 5.75 Å². The lowest BCUT2D eigenvalue weighted by atomic mass is 9.95. The third-order valence-electron chi connectivity index (χ3n) is 5.81. The highest BCUT2D eigenvalue weighted by Crippen LogP contribution is 2.50. The van der Waals surface area contributed by atoms with Crippen LogP contribution in [0.3, 0.4) is 0 Å². The number of aryl methyl sites for hydroxylation is 1. The van der Waals surface area contributed by atoms with Crippen molar-refractivity contribution in [3.05, 3.63) is 66.1 Å². The van der Waals surface area contributed by atoms with Crippen LogP contribution < -0.4 is 0 Å². The Balaban J connectivity index is 1.70. The van der Waals surface area contributed by atoms with Crippen LogP contribution in [0.4, 0.5) is 0 Å². The van der Waals surface area contributed by atoms with E-state index in [1.165, 1.54) is 21.6 Å². The maximum absolute atomic E-state index is 5.15. The van der Waals surface area contributed by atoms with Crippen molar-refractivity contribution >= 4 is 27.8 Å². The Morgan fingerprint density at radius 2 is 1.96 bits per heavy atom. The number of hydrogen-bond acceptors (Lipinski definition) is 4. The monoisotopic (exact) mass is 376 g/mol. The highest BCUT2D eigenvalue weighted by Gasteiger charge is 2.46. The molecular formula is C22H24N4S. The highest BCUT2D eigenvalue weighted by molar-refractivity contribution is 8.14. The van der Waals surface area contributed by atoms with E-state index in [1.54, 1.807) is 0 Å². The Bertz CT molecular complexity index is 994. The minimum absolute atomic E-state index is 0.0548. The second-order valence-corrected chi connectivity index (χ2v) is 8.21. The third-order valence-corrected chi connectivity index (χ3v) is 6.93. The van der Waals surface area contributed by atoms with Gasteiger partial charge >= 0.3 is 0 Å². The van der Waals surface area contributed by atoms with Crippen LogP contribution in [-0.4, -0.2) is 31.4 Å². The van der Waals surface area contributed by atoms with E-state index in [-0.39, 0.29) is 12.1 Å². The summed E-state index contributed by atoms with van der Waals surface area (Å²) in [6.07, 6.45) is 5.37. The van der Waals surface area contributed by atoms with E-state index in [2.05, 4.69) is 70.9 Å². The van der Waals surface area contributed by atoms with Gasteiger partial charge < -0.3 is 9.47 Å². The summed E-state index contributed by atoms with van der Waals surface area (Å²) in [5.74, 6) is 1.13. The van der Waals surface area contributed by atoms with Crippen LogP contribution in [0.5, 0.6) is 0 Å². The maximum atomic E-state index is 5.15. The first-order valence-electron chi connectivity index (χ1n) is 9.79. The molecule has 0 aliphatic carbocycles. The molecular weight excluding hydrogens is 352 g/mol. The van der Waals surface area contributed by atoms with Gasteiger partial charge in [0, 0.05) is 47.2 Å². The van der Waals surface area contributed by atoms with Crippen molar-refractivity contribution in [3.63, 3.8) is 0 Å². The van der Waals surface area contributed by atoms with Crippen LogP contribution in [0.2, 0.25) is 0 Å². The molecule has 0 N–H and O–H groups in total. The lowest BCUT2D eigenvalue weighted by Gasteiger charge is -2.31. The largest absolute Gasteiger partial charge is 0.347 e. The summed E-state index contributed by atoms with van der Waals surface area (Å²) in [7, 11) is 0. The van der Waals surface area contributed by atoms with Crippen molar-refractivity contribution < 1.29 is 0 Å². The van der Waals surface area contributed by atoms with Gasteiger partial charge in [-0.25, -0.2) is 0 Å². The summed E-state index contributed by atoms with van der Waals surface area (Å²) in [5.41, 5.74) is 3.75. The van der Waals surface area contributed by atoms with Crippen LogP contribution in [0, 0.1) is 0 Å². The number of aliphatic imine (C=N–C) groups is 1. The second-order valence-electron chi connectivity index (χ2n) is 7.22. The van der Waals surface area contributed by atoms with Crippen molar-refractivity contribution in [2.24, 2.45) is 4.99 Å². The van der Waals surface area contributed by atoms with Crippen LogP contribution in [0.1, 0.15) is 43.6 Å². The second kappa shape index (κ2) is 6.71. The molecule has 0 radical (unpaired) electrons. The quantitative estimate of drug-likeness (QED) is 0.640. The first kappa shape index (κ1) is 16.9. The Hall–Kier alpha value is -2.27. The van der Waals surface area contributed by atoms with Crippen molar-refractivity contribution in [2.45, 2.75) is 44.9 Å². The number of para-hydroxylation sites is 1. The van der Waals surface area contributed by atoms with Gasteiger partial charge in [-0.3, -0.25) is 9.98 Å². The molecule has 0 amide bonds. The summed E-state index contributed by atoms with van der Waals surface area (Å²) in [6, 6.07) is 15.7. The van der Waals surface area contributed by atoms with E-state index in [4.69, 9.17) is 4.99 Å². The van der Waals surface area contributed by atoms with E-state index in [0.717, 1.165) is 24.4 Å². The first-order valence-corrected chi connectivity index (χ1v) is 10.8. The summed E-state index contributed by atoms with van der Waals surface area (Å²) in [6.45, 7) is 5.47. The molecule has 4 heterocycles. The molecule has 27 heavy (non-hydrogen) atoms. The van der Waals surface area contributed by atoms with Crippen molar-refractivity contribution in [1.82, 2.24) is 14.5 Å². The Morgan fingerprint density at radius 3 is 2.74 bits per heavy atom. The molecule has 0 saturated carbocycles. The van der Waals surface area contributed by atoms with Crippen molar-refractivity contribution in [1.29, 1.82) is 0 Å². The van der Waals surface area contributed by atoms with Gasteiger partial charge in [0.05, 0.1) is 11.7 Å². The number of pyridine rings is 1. The number of fused-ring (bicyclic) bond motifs is 2. The average Bonchev–Trinajstić information content (AvgIpc) is 3.39. The van der Waals surface area contributed by atoms with Gasteiger partial charge in [0.25, 0.3) is 0 Å². The molecule has 2 aliphatic rings. The minimum Gasteiger partial charge on any atom is -0.347 e. The van der Waals surface area contributed by atoms with E-state index < -0.39 is 0 Å². The fourth-order valence-electron chi connectivity index (χ4n) is 4.46. The molecule has 5 rings (SSSR count). The van der Waals surface area contributed by atoms with Gasteiger partial charge in [0.2, 0.25) is 0 Å². The number of nitrogens with zero attached hydrogens (tertiary/aromatic N) is 4. The van der Waals surface area contributed by atoms with Crippen molar-refractivity contribution in [3.8, 4) is 0 Å². The van der Waals surface area contributed by atoms with Gasteiger partial charge in [-0.1, -0.05) is 43.0 Å². The summed E-state index contributed by atoms with van der Waals surface area (Å²) >= 11 is 1.90. The number of thioether (sulfide) groups is 1. The SMILES string of the molecule is CC[C@H]1CSC2=N[C@H](c3ccccn3)[C@@H](c3cn(CC)c4ccccc34)N21. The predicted octanol–water partition coefficient (Wildman–Crippen LogP) is 5.04. The first-order chi connectivity index (χ1) is 13.3. The van der Waals surface area contributed by atoms with Gasteiger partial charge in [0.15, 0.2) is 5.17 Å². The van der Waals surface area contributed by atoms with Gasteiger partial charge in [0.1, 0.15) is 6.04 Å². The Labute approximate surface area is 164 Å². The third kappa shape index (κ3) is 2.59. The summed E-state index contributed by atoms with van der Waals surface area (Å²) < 4.78 is 2.36. The Morgan fingerprint density at radius 1 is 1.11 bits per heavy atom. The fraction of sp³-hybridized carbons (Fsp3) is 0.364. The zero-order valence-corrected chi connectivity index (χ0v) is 16.6. The number of benzene rings is 1. The molecule has 0 unspecified atom stereocenters. The molecule has 5 heteroatoms. The molecule has 1 fully saturated rings. The fourth-order valence-corrected chi connectivity index (χ4v) is 5.80. The number of aromatic nitrogens is 2. The highest BCUT2D eigenvalue weighted by atomic mass is 32.2. The predicted molar refractivity (Wildman–Crippen MR) is 113 cm³/mol. The molecule has 3 atom stereocenters. The van der Waals surface area contributed by atoms with Crippen LogP contribution >= 0.6 is 11.8 Å². The molecule has 2 aliphatic heterocycles. The molecule has 138 valence electrons. The van der Waals surface area contributed by atoms with E-state index >= 15 is 0 Å².